The van der Waals surface area contributed by atoms with Gasteiger partial charge in [0, 0.05) is 18.4 Å². The third-order valence-corrected chi connectivity index (χ3v) is 4.66. The largest absolute Gasteiger partial charge is 0.376 e. The van der Waals surface area contributed by atoms with Gasteiger partial charge < -0.3 is 10.1 Å². The summed E-state index contributed by atoms with van der Waals surface area (Å²) in [4.78, 5) is 4.55. The molecule has 2 atom stereocenters. The molecule has 0 spiro atoms. The van der Waals surface area contributed by atoms with Gasteiger partial charge >= 0.3 is 0 Å². The standard InChI is InChI=1S/C11H18N2OS/c1-2-9(14-5-1)6-12-11-13-7-10(15-11)8-3-4-8/h8-10H,1-7H2,(H,12,13). The van der Waals surface area contributed by atoms with Crippen molar-refractivity contribution < 1.29 is 4.74 Å². The molecule has 2 unspecified atom stereocenters. The Kier molecular flexibility index (Phi) is 2.88. The van der Waals surface area contributed by atoms with Crippen molar-refractivity contribution in [3.63, 3.8) is 0 Å². The van der Waals surface area contributed by atoms with Gasteiger partial charge in [-0.2, -0.15) is 0 Å². The minimum absolute atomic E-state index is 0.424. The number of aliphatic imine (C=N–C) groups is 1. The van der Waals surface area contributed by atoms with Crippen molar-refractivity contribution in [3.8, 4) is 0 Å². The third kappa shape index (κ3) is 2.48. The molecule has 1 saturated carbocycles. The lowest BCUT2D eigenvalue weighted by molar-refractivity contribution is 0.114. The molecule has 3 nitrogen and oxygen atoms in total. The molecule has 1 N–H and O–H groups in total. The summed E-state index contributed by atoms with van der Waals surface area (Å²) in [5.74, 6) is 0.959. The molecule has 2 aliphatic heterocycles. The molecule has 2 fully saturated rings. The Balaban J connectivity index is 1.40. The van der Waals surface area contributed by atoms with Crippen LogP contribution in [0.3, 0.4) is 0 Å². The van der Waals surface area contributed by atoms with Crippen molar-refractivity contribution in [2.45, 2.75) is 37.0 Å². The molecule has 0 radical (unpaired) electrons. The number of nitrogens with zero attached hydrogens (tertiary/aromatic N) is 1. The molecule has 15 heavy (non-hydrogen) atoms. The van der Waals surface area contributed by atoms with Crippen LogP contribution < -0.4 is 5.32 Å². The second-order valence-corrected chi connectivity index (χ2v) is 5.88. The Bertz CT molecular complexity index is 259. The average molecular weight is 226 g/mol. The minimum atomic E-state index is 0.424. The Morgan fingerprint density at radius 3 is 3.07 bits per heavy atom. The predicted molar refractivity (Wildman–Crippen MR) is 63.4 cm³/mol. The normalized spacial score (nSPS) is 35.6. The lowest BCUT2D eigenvalue weighted by Gasteiger charge is -2.11. The van der Waals surface area contributed by atoms with Gasteiger partial charge in [0.1, 0.15) is 0 Å². The third-order valence-electron chi connectivity index (χ3n) is 3.33. The highest BCUT2D eigenvalue weighted by atomic mass is 32.2. The van der Waals surface area contributed by atoms with E-state index >= 15 is 0 Å². The minimum Gasteiger partial charge on any atom is -0.376 e. The molecule has 0 aromatic carbocycles. The molecule has 3 rings (SSSR count). The molecule has 3 aliphatic rings. The molecule has 2 heterocycles. The van der Waals surface area contributed by atoms with Gasteiger partial charge in [0.25, 0.3) is 0 Å². The lowest BCUT2D eigenvalue weighted by Crippen LogP contribution is -2.29. The Morgan fingerprint density at radius 1 is 1.40 bits per heavy atom. The van der Waals surface area contributed by atoms with Gasteiger partial charge in [0.2, 0.25) is 0 Å². The van der Waals surface area contributed by atoms with Crippen molar-refractivity contribution in [1.82, 2.24) is 5.32 Å². The first kappa shape index (κ1) is 9.97. The molecule has 0 amide bonds. The van der Waals surface area contributed by atoms with Crippen LogP contribution >= 0.6 is 11.8 Å². The van der Waals surface area contributed by atoms with Crippen LogP contribution in [0.4, 0.5) is 0 Å². The van der Waals surface area contributed by atoms with Gasteiger partial charge in [-0.1, -0.05) is 11.8 Å². The summed E-state index contributed by atoms with van der Waals surface area (Å²) in [6.45, 7) is 2.92. The van der Waals surface area contributed by atoms with E-state index < -0.39 is 0 Å². The Morgan fingerprint density at radius 2 is 2.33 bits per heavy atom. The van der Waals surface area contributed by atoms with E-state index in [1.807, 2.05) is 11.8 Å². The second-order valence-electron chi connectivity index (χ2n) is 4.66. The van der Waals surface area contributed by atoms with E-state index in [0.29, 0.717) is 6.10 Å². The molecule has 1 saturated heterocycles. The van der Waals surface area contributed by atoms with Crippen LogP contribution in [0.25, 0.3) is 0 Å². The summed E-state index contributed by atoms with van der Waals surface area (Å²) in [5, 5.41) is 5.35. The maximum atomic E-state index is 5.57. The molecule has 4 heteroatoms. The second kappa shape index (κ2) is 4.34. The van der Waals surface area contributed by atoms with Gasteiger partial charge in [0.05, 0.1) is 12.6 Å². The number of nitrogens with one attached hydrogen (secondary N) is 1. The number of rotatable bonds is 3. The SMILES string of the molecule is C1COC(CNC2=NCC(C3CC3)S2)C1. The van der Waals surface area contributed by atoms with Crippen molar-refractivity contribution >= 4 is 16.9 Å². The van der Waals surface area contributed by atoms with E-state index in [4.69, 9.17) is 4.74 Å². The number of hydrogen-bond acceptors (Lipinski definition) is 4. The molecule has 84 valence electrons. The topological polar surface area (TPSA) is 33.6 Å². The first-order valence-electron chi connectivity index (χ1n) is 5.98. The highest BCUT2D eigenvalue weighted by Crippen LogP contribution is 2.41. The average Bonchev–Trinajstić information content (AvgIpc) is 2.82. The van der Waals surface area contributed by atoms with Gasteiger partial charge in [-0.3, -0.25) is 4.99 Å². The van der Waals surface area contributed by atoms with Gasteiger partial charge in [-0.15, -0.1) is 0 Å². The zero-order valence-corrected chi connectivity index (χ0v) is 9.76. The molecule has 0 aromatic heterocycles. The summed E-state index contributed by atoms with van der Waals surface area (Å²) >= 11 is 1.95. The molecule has 0 bridgehead atoms. The van der Waals surface area contributed by atoms with Gasteiger partial charge in [0.15, 0.2) is 5.17 Å². The number of hydrogen-bond donors (Lipinski definition) is 1. The molecule has 0 aromatic rings. The summed E-state index contributed by atoms with van der Waals surface area (Å²) in [7, 11) is 0. The Hall–Kier alpha value is -0.220. The van der Waals surface area contributed by atoms with E-state index in [0.717, 1.165) is 36.0 Å². The predicted octanol–water partition coefficient (Wildman–Crippen LogP) is 1.64. The smallest absolute Gasteiger partial charge is 0.157 e. The lowest BCUT2D eigenvalue weighted by atomic mass is 10.2. The van der Waals surface area contributed by atoms with E-state index in [2.05, 4.69) is 10.3 Å². The summed E-state index contributed by atoms with van der Waals surface area (Å²) in [6, 6.07) is 0. The zero-order chi connectivity index (χ0) is 10.1. The van der Waals surface area contributed by atoms with Crippen molar-refractivity contribution in [2.75, 3.05) is 19.7 Å². The van der Waals surface area contributed by atoms with Crippen LogP contribution in [0.5, 0.6) is 0 Å². The zero-order valence-electron chi connectivity index (χ0n) is 8.95. The molecular weight excluding hydrogens is 208 g/mol. The van der Waals surface area contributed by atoms with Gasteiger partial charge in [-0.05, 0) is 31.6 Å². The maximum absolute atomic E-state index is 5.57. The van der Waals surface area contributed by atoms with Crippen LogP contribution in [-0.4, -0.2) is 36.2 Å². The molecule has 1 aliphatic carbocycles. The molecular formula is C11H18N2OS. The van der Waals surface area contributed by atoms with Crippen molar-refractivity contribution in [1.29, 1.82) is 0 Å². The van der Waals surface area contributed by atoms with E-state index in [-0.39, 0.29) is 0 Å². The van der Waals surface area contributed by atoms with Crippen LogP contribution in [0.2, 0.25) is 0 Å². The first-order chi connectivity index (χ1) is 7.42. The highest BCUT2D eigenvalue weighted by molar-refractivity contribution is 8.14. The van der Waals surface area contributed by atoms with Crippen LogP contribution in [0, 0.1) is 5.92 Å². The van der Waals surface area contributed by atoms with Crippen molar-refractivity contribution in [2.24, 2.45) is 10.9 Å². The van der Waals surface area contributed by atoms with E-state index in [9.17, 15) is 0 Å². The summed E-state index contributed by atoms with van der Waals surface area (Å²) in [6.07, 6.45) is 5.69. The fourth-order valence-electron chi connectivity index (χ4n) is 2.21. The number of thioether (sulfide) groups is 1. The van der Waals surface area contributed by atoms with Crippen LogP contribution in [0.1, 0.15) is 25.7 Å². The monoisotopic (exact) mass is 226 g/mol. The van der Waals surface area contributed by atoms with Gasteiger partial charge in [-0.25, -0.2) is 0 Å². The summed E-state index contributed by atoms with van der Waals surface area (Å²) < 4.78 is 5.57. The number of amidine groups is 1. The maximum Gasteiger partial charge on any atom is 0.157 e. The summed E-state index contributed by atoms with van der Waals surface area (Å²) in [5.41, 5.74) is 0. The fourth-order valence-corrected chi connectivity index (χ4v) is 3.42. The van der Waals surface area contributed by atoms with E-state index in [1.54, 1.807) is 0 Å². The van der Waals surface area contributed by atoms with E-state index in [1.165, 1.54) is 25.7 Å². The first-order valence-corrected chi connectivity index (χ1v) is 6.86. The van der Waals surface area contributed by atoms with Crippen molar-refractivity contribution in [3.05, 3.63) is 0 Å². The van der Waals surface area contributed by atoms with Crippen LogP contribution in [0.15, 0.2) is 4.99 Å². The number of ether oxygens (including phenoxy) is 1. The quantitative estimate of drug-likeness (QED) is 0.794. The fraction of sp³-hybridized carbons (Fsp3) is 0.909. The highest BCUT2D eigenvalue weighted by Gasteiger charge is 2.35. The van der Waals surface area contributed by atoms with Crippen LogP contribution in [-0.2, 0) is 4.74 Å². The Labute approximate surface area is 95.1 Å².